The zero-order chi connectivity index (χ0) is 11.5. The van der Waals surface area contributed by atoms with Gasteiger partial charge in [-0.25, -0.2) is 0 Å². The van der Waals surface area contributed by atoms with Gasteiger partial charge in [0.05, 0.1) is 7.56 Å². The van der Waals surface area contributed by atoms with E-state index in [1.807, 2.05) is 0 Å². The van der Waals surface area contributed by atoms with E-state index in [0.717, 1.165) is 38.5 Å². The van der Waals surface area contributed by atoms with E-state index in [1.165, 1.54) is 0 Å². The Morgan fingerprint density at radius 2 is 1.67 bits per heavy atom. The molecule has 0 aromatic carbocycles. The van der Waals surface area contributed by atoms with Crippen LogP contribution >= 0.6 is 47.8 Å². The third-order valence-electron chi connectivity index (χ3n) is 2.75. The van der Waals surface area contributed by atoms with Crippen LogP contribution in [0.5, 0.6) is 0 Å². The first-order chi connectivity index (χ1) is 6.87. The molecule has 0 radical (unpaired) electrons. The van der Waals surface area contributed by atoms with Crippen LogP contribution in [-0.4, -0.2) is 18.6 Å². The van der Waals surface area contributed by atoms with Crippen LogP contribution in [0.25, 0.3) is 0 Å². The Bertz CT molecular complexity index is 243. The first kappa shape index (κ1) is 14.0. The Hall–Kier alpha value is 0.910. The van der Waals surface area contributed by atoms with E-state index in [2.05, 4.69) is 47.8 Å². The molecule has 0 saturated heterocycles. The molecule has 0 spiro atoms. The molecule has 1 N–H and O–H groups in total. The monoisotopic (exact) mass is 404 g/mol. The molecule has 0 aromatic heterocycles. The Balaban J connectivity index is 1.97. The number of carboxylic acid groups (broad SMARTS) is 1. The summed E-state index contributed by atoms with van der Waals surface area (Å²) < 4.78 is 0.306. The second kappa shape index (κ2) is 5.50. The van der Waals surface area contributed by atoms with Crippen molar-refractivity contribution < 1.29 is 9.90 Å². The quantitative estimate of drug-likeness (QED) is 0.501. The van der Waals surface area contributed by atoms with Gasteiger partial charge in [0.25, 0.3) is 0 Å². The van der Waals surface area contributed by atoms with Gasteiger partial charge in [0.1, 0.15) is 0 Å². The van der Waals surface area contributed by atoms with Crippen molar-refractivity contribution in [3.05, 3.63) is 0 Å². The molecular formula is C10H15Br3O2. The van der Waals surface area contributed by atoms with Crippen molar-refractivity contribution in [2.24, 2.45) is 0 Å². The Kier molecular flexibility index (Phi) is 5.12. The molecular weight excluding hydrogens is 392 g/mol. The molecule has 0 aliphatic heterocycles. The van der Waals surface area contributed by atoms with Crippen LogP contribution in [0.15, 0.2) is 0 Å². The summed E-state index contributed by atoms with van der Waals surface area (Å²) in [5.74, 6) is -0.686. The molecule has 15 heavy (non-hydrogen) atoms. The highest BCUT2D eigenvalue weighted by molar-refractivity contribution is 9.26. The number of halogens is 3. The summed E-state index contributed by atoms with van der Waals surface area (Å²) in [4.78, 5) is 10.3. The molecule has 0 amide bonds. The van der Waals surface area contributed by atoms with Crippen LogP contribution in [0.3, 0.4) is 0 Å². The van der Waals surface area contributed by atoms with Crippen molar-refractivity contribution in [1.29, 1.82) is 0 Å². The number of carbonyl (C=O) groups is 1. The lowest BCUT2D eigenvalue weighted by Gasteiger charge is -2.09. The minimum absolute atomic E-state index is 0.0913. The van der Waals surface area contributed by atoms with Crippen LogP contribution in [0.1, 0.15) is 44.9 Å². The lowest BCUT2D eigenvalue weighted by atomic mass is 10.1. The SMILES string of the molecule is O=C(O)CCCCCCC1(Br)CC1(Br)Br. The van der Waals surface area contributed by atoms with E-state index >= 15 is 0 Å². The molecule has 5 heteroatoms. The molecule has 1 saturated carbocycles. The van der Waals surface area contributed by atoms with Crippen LogP contribution in [0.2, 0.25) is 0 Å². The van der Waals surface area contributed by atoms with Gasteiger partial charge in [0.2, 0.25) is 0 Å². The van der Waals surface area contributed by atoms with Gasteiger partial charge in [0, 0.05) is 6.42 Å². The van der Waals surface area contributed by atoms with Crippen LogP contribution in [-0.2, 0) is 4.79 Å². The molecule has 1 unspecified atom stereocenters. The van der Waals surface area contributed by atoms with Crippen molar-refractivity contribution in [3.63, 3.8) is 0 Å². The third kappa shape index (κ3) is 4.35. The van der Waals surface area contributed by atoms with Gasteiger partial charge in [-0.3, -0.25) is 4.79 Å². The molecule has 2 nitrogen and oxygen atoms in total. The average molecular weight is 407 g/mol. The lowest BCUT2D eigenvalue weighted by Crippen LogP contribution is -2.06. The lowest BCUT2D eigenvalue weighted by molar-refractivity contribution is -0.137. The number of unbranched alkanes of at least 4 members (excludes halogenated alkanes) is 3. The summed E-state index contributed by atoms with van der Waals surface area (Å²) in [6.07, 6.45) is 6.65. The molecule has 1 atom stereocenters. The highest BCUT2D eigenvalue weighted by Crippen LogP contribution is 2.67. The Labute approximate surface area is 116 Å². The van der Waals surface area contributed by atoms with E-state index < -0.39 is 5.97 Å². The number of rotatable bonds is 7. The molecule has 1 aliphatic rings. The second-order valence-corrected chi connectivity index (χ2v) is 9.44. The standard InChI is InChI=1S/C10H15Br3O2/c11-9(7-10(9,12)13)6-4-2-1-3-5-8(14)15/h1-7H2,(H,14,15). The fourth-order valence-electron chi connectivity index (χ4n) is 1.61. The molecule has 0 bridgehead atoms. The predicted octanol–water partition coefficient (Wildman–Crippen LogP) is 4.44. The Morgan fingerprint density at radius 1 is 1.13 bits per heavy atom. The molecule has 1 aliphatic carbocycles. The maximum atomic E-state index is 10.3. The van der Waals surface area contributed by atoms with Crippen molar-refractivity contribution in [2.45, 2.75) is 52.5 Å². The van der Waals surface area contributed by atoms with Crippen molar-refractivity contribution in [3.8, 4) is 0 Å². The second-order valence-electron chi connectivity index (χ2n) is 4.15. The number of hydrogen-bond donors (Lipinski definition) is 1. The smallest absolute Gasteiger partial charge is 0.303 e. The molecule has 88 valence electrons. The van der Waals surface area contributed by atoms with E-state index in [0.29, 0.717) is 6.42 Å². The summed E-state index contributed by atoms with van der Waals surface area (Å²) in [5, 5.41) is 8.46. The van der Waals surface area contributed by atoms with Gasteiger partial charge < -0.3 is 5.11 Å². The van der Waals surface area contributed by atoms with Gasteiger partial charge >= 0.3 is 5.97 Å². The summed E-state index contributed by atoms with van der Waals surface area (Å²) in [5.41, 5.74) is 0. The zero-order valence-electron chi connectivity index (χ0n) is 8.44. The van der Waals surface area contributed by atoms with E-state index in [1.54, 1.807) is 0 Å². The normalized spacial score (nSPS) is 27.7. The number of aliphatic carboxylic acids is 1. The highest BCUT2D eigenvalue weighted by Gasteiger charge is 2.62. The minimum atomic E-state index is -0.686. The third-order valence-corrected chi connectivity index (χ3v) is 7.24. The van der Waals surface area contributed by atoms with Gasteiger partial charge in [-0.2, -0.15) is 0 Å². The van der Waals surface area contributed by atoms with Gasteiger partial charge in [-0.15, -0.1) is 0 Å². The Morgan fingerprint density at radius 3 is 2.13 bits per heavy atom. The largest absolute Gasteiger partial charge is 0.481 e. The van der Waals surface area contributed by atoms with Crippen molar-refractivity contribution in [2.75, 3.05) is 0 Å². The maximum absolute atomic E-state index is 10.3. The molecule has 0 aromatic rings. The minimum Gasteiger partial charge on any atom is -0.481 e. The predicted molar refractivity (Wildman–Crippen MR) is 72.2 cm³/mol. The van der Waals surface area contributed by atoms with Crippen LogP contribution in [0, 0.1) is 0 Å². The van der Waals surface area contributed by atoms with E-state index in [4.69, 9.17) is 5.11 Å². The maximum Gasteiger partial charge on any atom is 0.303 e. The molecule has 1 fully saturated rings. The number of alkyl halides is 3. The van der Waals surface area contributed by atoms with E-state index in [-0.39, 0.29) is 7.56 Å². The van der Waals surface area contributed by atoms with Gasteiger partial charge in [0.15, 0.2) is 0 Å². The average Bonchev–Trinajstić information content (AvgIpc) is 2.58. The number of hydrogen-bond acceptors (Lipinski definition) is 1. The fourth-order valence-corrected chi connectivity index (χ4v) is 4.42. The number of carboxylic acids is 1. The van der Waals surface area contributed by atoms with Crippen molar-refractivity contribution in [1.82, 2.24) is 0 Å². The fraction of sp³-hybridized carbons (Fsp3) is 0.900. The van der Waals surface area contributed by atoms with Gasteiger partial charge in [-0.05, 0) is 19.3 Å². The summed E-state index contributed by atoms with van der Waals surface area (Å²) in [7, 11) is 0. The first-order valence-electron chi connectivity index (χ1n) is 5.16. The first-order valence-corrected chi connectivity index (χ1v) is 7.54. The zero-order valence-corrected chi connectivity index (χ0v) is 13.2. The molecule has 1 rings (SSSR count). The molecule has 0 heterocycles. The summed E-state index contributed by atoms with van der Waals surface area (Å²) in [6, 6.07) is 0. The topological polar surface area (TPSA) is 37.3 Å². The van der Waals surface area contributed by atoms with Crippen molar-refractivity contribution >= 4 is 53.8 Å². The van der Waals surface area contributed by atoms with Crippen LogP contribution in [0.4, 0.5) is 0 Å². The summed E-state index contributed by atoms with van der Waals surface area (Å²) in [6.45, 7) is 0. The van der Waals surface area contributed by atoms with Gasteiger partial charge in [-0.1, -0.05) is 67.1 Å². The van der Waals surface area contributed by atoms with Crippen LogP contribution < -0.4 is 0 Å². The highest BCUT2D eigenvalue weighted by atomic mass is 79.9. The van der Waals surface area contributed by atoms with E-state index in [9.17, 15) is 4.79 Å². The summed E-state index contributed by atoms with van der Waals surface area (Å²) >= 11 is 10.9.